The molecule has 75 heavy (non-hydrogen) atoms. The smallest absolute Gasteiger partial charge is 0.321 e. The number of nitrogens with zero attached hydrogens (tertiary/aromatic N) is 9. The van der Waals surface area contributed by atoms with E-state index in [1.54, 1.807) is 36.4 Å². The number of rotatable bonds is 24. The largest absolute Gasteiger partial charge is 0.494 e. The van der Waals surface area contributed by atoms with Gasteiger partial charge in [0, 0.05) is 92.5 Å². The average Bonchev–Trinajstić information content (AvgIpc) is 4.14. The Bertz CT molecular complexity index is 2670. The van der Waals surface area contributed by atoms with Gasteiger partial charge in [0.05, 0.1) is 19.8 Å². The van der Waals surface area contributed by atoms with Crippen molar-refractivity contribution in [2.24, 2.45) is 0 Å². The van der Waals surface area contributed by atoms with Crippen LogP contribution in [-0.2, 0) is 13.1 Å². The fraction of sp³-hybridized carbons (Fsp3) is 0.453. The van der Waals surface area contributed by atoms with E-state index < -0.39 is 41.6 Å². The second-order valence-corrected chi connectivity index (χ2v) is 18.3. The molecule has 2 aliphatic rings. The molecule has 1 N–H and O–H groups in total. The molecule has 0 aliphatic carbocycles. The number of likely N-dealkylation sites (N-methyl/N-ethyl adjacent to an activating group) is 2. The average molecular weight is 1070 g/mol. The van der Waals surface area contributed by atoms with Crippen molar-refractivity contribution in [2.75, 3.05) is 102 Å². The number of hydrogen-bond donors (Lipinski definition) is 1. The Morgan fingerprint density at radius 1 is 0.613 bits per heavy atom. The van der Waals surface area contributed by atoms with Crippen molar-refractivity contribution in [3.05, 3.63) is 119 Å². The first-order chi connectivity index (χ1) is 36.3. The Balaban J connectivity index is 0.000000219. The molecule has 15 nitrogen and oxygen atoms in total. The third-order valence-corrected chi connectivity index (χ3v) is 13.2. The summed E-state index contributed by atoms with van der Waals surface area (Å²) >= 11 is 5.80. The molecule has 4 heterocycles. The monoisotopic (exact) mass is 1070 g/mol. The Labute approximate surface area is 437 Å². The third-order valence-electron chi connectivity index (χ3n) is 13.0. The van der Waals surface area contributed by atoms with E-state index >= 15 is 0 Å². The molecule has 1 amide bonds. The molecule has 2 aromatic heterocycles. The number of alkyl halides is 4. The lowest BCUT2D eigenvalue weighted by Crippen LogP contribution is -2.46. The maximum atomic E-state index is 14.8. The van der Waals surface area contributed by atoms with Crippen molar-refractivity contribution in [1.82, 2.24) is 40.0 Å². The van der Waals surface area contributed by atoms with Gasteiger partial charge in [-0.1, -0.05) is 26.0 Å². The van der Waals surface area contributed by atoms with Gasteiger partial charge in [0.2, 0.25) is 11.8 Å². The predicted octanol–water partition coefficient (Wildman–Crippen LogP) is 11.2. The number of hydrogen-bond acceptors (Lipinski definition) is 14. The standard InChI is InChI=1S/C27H31ClF3N5O3.C26H32F3N5O2/c1-2-34-12-14-35(15-13-34)11-3-4-16-38-22-9-7-21(8-10-22)36(27(28)37)18-20-6-5-19(17-23(20)29)25-32-33-26(39-25)24(30)31;1-2-33-12-14-34(15-13-33)11-3-4-16-35-22-9-7-21(8-10-22)30-18-20-6-5-19(17-23(20)27)25-31-32-26(36-25)24(28)29/h5-10,17,24H,2-4,11-16,18H2,1H3;5-10,17,24,30H,2-4,11-16,18H2,1H3. The summed E-state index contributed by atoms with van der Waals surface area (Å²) in [4.78, 5) is 23.3. The zero-order chi connectivity index (χ0) is 53.1. The fourth-order valence-electron chi connectivity index (χ4n) is 8.44. The van der Waals surface area contributed by atoms with Gasteiger partial charge >= 0.3 is 18.2 Å². The molecule has 22 heteroatoms. The highest BCUT2D eigenvalue weighted by Gasteiger charge is 2.22. The van der Waals surface area contributed by atoms with Crippen LogP contribution in [0, 0.1) is 11.6 Å². The summed E-state index contributed by atoms with van der Waals surface area (Å²) in [6.45, 7) is 19.3. The van der Waals surface area contributed by atoms with Crippen LogP contribution >= 0.6 is 11.6 Å². The quantitative estimate of drug-likeness (QED) is 0.0266. The first kappa shape index (κ1) is 56.5. The number of unbranched alkanes of at least 4 members (excludes halogenated alkanes) is 2. The second-order valence-electron chi connectivity index (χ2n) is 18.0. The molecule has 0 spiro atoms. The lowest BCUT2D eigenvalue weighted by atomic mass is 10.1. The number of nitrogens with one attached hydrogen (secondary N) is 1. The molecule has 6 aromatic rings. The number of amides is 1. The molecule has 8 rings (SSSR count). The Hall–Kier alpha value is -6.26. The number of aromatic nitrogens is 4. The maximum absolute atomic E-state index is 14.8. The molecule has 404 valence electrons. The van der Waals surface area contributed by atoms with Crippen LogP contribution in [0.5, 0.6) is 11.5 Å². The number of carbonyl (C=O) groups excluding carboxylic acids is 1. The molecule has 2 aliphatic heterocycles. The SMILES string of the molecule is CCN1CCN(CCCCOc2ccc(N(Cc3ccc(-c4nnc(C(F)F)o4)cc3F)C(=O)Cl)cc2)CC1.CCN1CCN(CCCCOc2ccc(NCc3ccc(-c4nnc(C(F)F)o4)cc3F)cc2)CC1. The number of halogens is 7. The van der Waals surface area contributed by atoms with Crippen molar-refractivity contribution in [3.8, 4) is 34.4 Å². The highest BCUT2D eigenvalue weighted by Crippen LogP contribution is 2.29. The summed E-state index contributed by atoms with van der Waals surface area (Å²) in [7, 11) is 0. The lowest BCUT2D eigenvalue weighted by molar-refractivity contribution is 0.115. The Morgan fingerprint density at radius 2 is 1.05 bits per heavy atom. The van der Waals surface area contributed by atoms with Crippen molar-refractivity contribution in [3.63, 3.8) is 0 Å². The summed E-state index contributed by atoms with van der Waals surface area (Å²) < 4.78 is 101. The number of anilines is 2. The van der Waals surface area contributed by atoms with Gasteiger partial charge in [-0.2, -0.15) is 17.6 Å². The molecular formula is C53H63ClF6N10O5. The van der Waals surface area contributed by atoms with Crippen molar-refractivity contribution < 1.29 is 49.4 Å². The normalized spacial score (nSPS) is 14.8. The van der Waals surface area contributed by atoms with E-state index in [-0.39, 0.29) is 41.6 Å². The van der Waals surface area contributed by atoms with Crippen LogP contribution in [0.4, 0.5) is 42.5 Å². The summed E-state index contributed by atoms with van der Waals surface area (Å²) in [5.41, 5.74) is 2.27. The zero-order valence-electron chi connectivity index (χ0n) is 42.1. The predicted molar refractivity (Wildman–Crippen MR) is 274 cm³/mol. The Kier molecular flexibility index (Phi) is 21.5. The van der Waals surface area contributed by atoms with Crippen LogP contribution in [0.15, 0.2) is 93.8 Å². The fourth-order valence-corrected chi connectivity index (χ4v) is 8.60. The summed E-state index contributed by atoms with van der Waals surface area (Å²) in [6, 6.07) is 22.6. The van der Waals surface area contributed by atoms with Gasteiger partial charge in [0.25, 0.3) is 11.8 Å². The molecule has 0 bridgehead atoms. The highest BCUT2D eigenvalue weighted by molar-refractivity contribution is 6.66. The van der Waals surface area contributed by atoms with Crippen molar-refractivity contribution in [2.45, 2.75) is 65.5 Å². The van der Waals surface area contributed by atoms with E-state index in [1.807, 2.05) is 24.3 Å². The number of piperazine rings is 2. The molecular weight excluding hydrogens is 1010 g/mol. The van der Waals surface area contributed by atoms with Gasteiger partial charge in [-0.05, 0) is 136 Å². The lowest BCUT2D eigenvalue weighted by Gasteiger charge is -2.33. The molecule has 4 aromatic carbocycles. The molecule has 0 unspecified atom stereocenters. The topological polar surface area (TPSA) is 142 Å². The van der Waals surface area contributed by atoms with Gasteiger partial charge in [0.1, 0.15) is 23.1 Å². The van der Waals surface area contributed by atoms with Crippen LogP contribution in [-0.4, -0.2) is 137 Å². The van der Waals surface area contributed by atoms with E-state index in [1.165, 1.54) is 23.1 Å². The van der Waals surface area contributed by atoms with Crippen LogP contribution in [0.25, 0.3) is 22.9 Å². The molecule has 0 radical (unpaired) electrons. The zero-order valence-corrected chi connectivity index (χ0v) is 42.8. The maximum Gasteiger partial charge on any atom is 0.321 e. The summed E-state index contributed by atoms with van der Waals surface area (Å²) in [6.07, 6.45) is -1.67. The minimum atomic E-state index is -2.92. The van der Waals surface area contributed by atoms with E-state index in [2.05, 4.69) is 59.2 Å². The number of benzene rings is 4. The van der Waals surface area contributed by atoms with Crippen LogP contribution in [0.1, 0.15) is 75.3 Å². The summed E-state index contributed by atoms with van der Waals surface area (Å²) in [5.74, 6) is -1.72. The van der Waals surface area contributed by atoms with E-state index in [9.17, 15) is 31.1 Å². The van der Waals surface area contributed by atoms with E-state index in [4.69, 9.17) is 29.9 Å². The van der Waals surface area contributed by atoms with E-state index in [0.29, 0.717) is 30.2 Å². The molecule has 2 saturated heterocycles. The van der Waals surface area contributed by atoms with Crippen molar-refractivity contribution in [1.29, 1.82) is 0 Å². The number of carbonyl (C=O) groups is 1. The molecule has 0 atom stereocenters. The third kappa shape index (κ3) is 17.1. The molecule has 2 fully saturated rings. The summed E-state index contributed by atoms with van der Waals surface area (Å²) in [5, 5.41) is 16.0. The van der Waals surface area contributed by atoms with Gasteiger partial charge in [-0.15, -0.1) is 20.4 Å². The Morgan fingerprint density at radius 3 is 1.47 bits per heavy atom. The minimum absolute atomic E-state index is 0.139. The second kappa shape index (κ2) is 28.6. The van der Waals surface area contributed by atoms with Gasteiger partial charge in [0.15, 0.2) is 0 Å². The van der Waals surface area contributed by atoms with Crippen LogP contribution in [0.2, 0.25) is 0 Å². The highest BCUT2D eigenvalue weighted by atomic mass is 35.5. The van der Waals surface area contributed by atoms with Gasteiger partial charge in [-0.25, -0.2) is 8.78 Å². The van der Waals surface area contributed by atoms with Gasteiger partial charge in [-0.3, -0.25) is 9.69 Å². The molecule has 0 saturated carbocycles. The van der Waals surface area contributed by atoms with Gasteiger partial charge < -0.3 is 43.2 Å². The van der Waals surface area contributed by atoms with E-state index in [0.717, 1.165) is 122 Å². The van der Waals surface area contributed by atoms with Crippen molar-refractivity contribution >= 4 is 28.3 Å². The van der Waals surface area contributed by atoms with Crippen LogP contribution < -0.4 is 19.7 Å². The minimum Gasteiger partial charge on any atom is -0.494 e. The first-order valence-electron chi connectivity index (χ1n) is 25.2. The number of ether oxygens (including phenoxy) is 2. The van der Waals surface area contributed by atoms with Crippen LogP contribution in [0.3, 0.4) is 0 Å². The first-order valence-corrected chi connectivity index (χ1v) is 25.6.